The smallest absolute Gasteiger partial charge is 0.550 e. The van der Waals surface area contributed by atoms with Crippen LogP contribution in [0.5, 0.6) is 0 Å². The molecule has 0 amide bonds. The minimum atomic E-state index is -1.01. The van der Waals surface area contributed by atoms with Gasteiger partial charge in [0.1, 0.15) is 0 Å². The Morgan fingerprint density at radius 1 is 1.36 bits per heavy atom. The van der Waals surface area contributed by atoms with Gasteiger partial charge in [0.25, 0.3) is 0 Å². The van der Waals surface area contributed by atoms with Crippen molar-refractivity contribution in [3.05, 3.63) is 30.6 Å². The van der Waals surface area contributed by atoms with Crippen LogP contribution in [0.3, 0.4) is 0 Å². The number of aromatic nitrogens is 1. The van der Waals surface area contributed by atoms with E-state index < -0.39 is 11.4 Å². The average Bonchev–Trinajstić information content (AvgIpc) is 2.07. The summed E-state index contributed by atoms with van der Waals surface area (Å²) in [5, 5.41) is 9.91. The van der Waals surface area contributed by atoms with Crippen molar-refractivity contribution in [1.82, 2.24) is 4.98 Å². The van der Waals surface area contributed by atoms with Crippen LogP contribution in [0, 0.1) is 11.6 Å². The number of carboxylic acid groups (broad SMARTS) is 1. The normalized spacial score (nSPS) is 9.07. The van der Waals surface area contributed by atoms with Crippen LogP contribution in [0.2, 0.25) is 0 Å². The summed E-state index contributed by atoms with van der Waals surface area (Å²) in [5.41, 5.74) is -0.694. The molecule has 0 N–H and O–H groups in total. The van der Waals surface area contributed by atoms with E-state index in [-0.39, 0.29) is 19.5 Å². The first kappa shape index (κ1) is 15.7. The Morgan fingerprint density at radius 3 is 1.93 bits per heavy atom. The molecule has 0 aromatic carbocycles. The molecule has 4 heteroatoms. The summed E-state index contributed by atoms with van der Waals surface area (Å²) < 4.78 is 0. The molecule has 0 spiro atoms. The van der Waals surface area contributed by atoms with Crippen LogP contribution in [0.1, 0.15) is 20.8 Å². The fourth-order valence-corrected chi connectivity index (χ4v) is 0.277. The third-order valence-electron chi connectivity index (χ3n) is 1.13. The van der Waals surface area contributed by atoms with Gasteiger partial charge < -0.3 is 14.9 Å². The number of aliphatic carboxylic acids is 1. The fourth-order valence-electron chi connectivity index (χ4n) is 0.277. The number of carbonyl (C=O) groups excluding carboxylic acids is 1. The van der Waals surface area contributed by atoms with Gasteiger partial charge in [-0.05, 0) is 0 Å². The van der Waals surface area contributed by atoms with E-state index >= 15 is 0 Å². The van der Waals surface area contributed by atoms with Gasteiger partial charge in [-0.25, -0.2) is 0 Å². The van der Waals surface area contributed by atoms with Gasteiger partial charge in [-0.1, -0.05) is 33.2 Å². The molecule has 0 bridgehead atoms. The van der Waals surface area contributed by atoms with Crippen LogP contribution in [-0.4, -0.2) is 11.0 Å². The van der Waals surface area contributed by atoms with Gasteiger partial charge >= 0.3 is 19.5 Å². The Bertz CT molecular complexity index is 217. The van der Waals surface area contributed by atoms with Crippen LogP contribution in [-0.2, 0) is 24.3 Å². The fraction of sp³-hybridized carbons (Fsp3) is 0.400. The molecule has 3 nitrogen and oxygen atoms in total. The molecule has 1 heterocycles. The predicted molar refractivity (Wildman–Crippen MR) is 47.5 cm³/mol. The second-order valence-electron chi connectivity index (χ2n) is 3.50. The van der Waals surface area contributed by atoms with E-state index in [1.807, 2.05) is 12.1 Å². The molecule has 1 rings (SSSR count). The van der Waals surface area contributed by atoms with Gasteiger partial charge in [-0.15, -0.1) is 0 Å². The number of carboxylic acids is 1. The topological polar surface area (TPSA) is 53.0 Å². The van der Waals surface area contributed by atoms with Gasteiger partial charge in [0.05, 0.1) is 0 Å². The summed E-state index contributed by atoms with van der Waals surface area (Å²) in [6.45, 7) is 4.80. The number of nitrogens with zero attached hydrogens (tertiary/aromatic N) is 1. The molecule has 0 saturated heterocycles. The van der Waals surface area contributed by atoms with E-state index in [1.54, 1.807) is 33.0 Å². The summed E-state index contributed by atoms with van der Waals surface area (Å²) in [6.07, 6.45) is 4.34. The van der Waals surface area contributed by atoms with Crippen LogP contribution < -0.4 is 5.11 Å². The van der Waals surface area contributed by atoms with Gasteiger partial charge in [-0.2, -0.15) is 18.2 Å². The summed E-state index contributed by atoms with van der Waals surface area (Å²) in [5.74, 6) is -1.01. The number of hydrogen-bond donors (Lipinski definition) is 0. The molecule has 14 heavy (non-hydrogen) atoms. The third-order valence-corrected chi connectivity index (χ3v) is 1.13. The van der Waals surface area contributed by atoms with Crippen LogP contribution in [0.25, 0.3) is 0 Å². The molecule has 1 aromatic rings. The Hall–Kier alpha value is -0.757. The van der Waals surface area contributed by atoms with Gasteiger partial charge in [0.15, 0.2) is 0 Å². The Labute approximate surface area is 97.3 Å². The molecule has 0 aliphatic heterocycles. The first-order valence-corrected chi connectivity index (χ1v) is 3.93. The van der Waals surface area contributed by atoms with Crippen LogP contribution >= 0.6 is 0 Å². The van der Waals surface area contributed by atoms with Crippen molar-refractivity contribution in [3.63, 3.8) is 0 Å². The maximum Gasteiger partial charge on any atom is 2.00 e. The molecule has 1 aromatic heterocycles. The van der Waals surface area contributed by atoms with E-state index in [9.17, 15) is 9.90 Å². The minimum Gasteiger partial charge on any atom is -0.550 e. The van der Waals surface area contributed by atoms with Crippen molar-refractivity contribution in [3.8, 4) is 0 Å². The molecule has 0 radical (unpaired) electrons. The summed E-state index contributed by atoms with van der Waals surface area (Å²) in [7, 11) is 0. The number of rotatable bonds is 0. The largest absolute Gasteiger partial charge is 2.00 e. The maximum atomic E-state index is 9.91. The Balaban J connectivity index is 0. The number of carbonyl (C=O) groups is 1. The quantitative estimate of drug-likeness (QED) is 0.498. The molecule has 0 saturated carbocycles. The van der Waals surface area contributed by atoms with Gasteiger partial charge in [-0.3, -0.25) is 0 Å². The SMILES string of the molecule is CC(C)(C)C(=O)[O-].[Zn+2].[c-]1ccccn1. The first-order valence-electron chi connectivity index (χ1n) is 3.93. The van der Waals surface area contributed by atoms with E-state index in [4.69, 9.17) is 0 Å². The molecule has 72 valence electrons. The molecule has 0 aliphatic carbocycles. The zero-order valence-electron chi connectivity index (χ0n) is 8.78. The monoisotopic (exact) mass is 243 g/mol. The summed E-state index contributed by atoms with van der Waals surface area (Å²) in [4.78, 5) is 13.6. The summed E-state index contributed by atoms with van der Waals surface area (Å²) in [6, 6.07) is 5.50. The molecular formula is C10H13NO2Zn. The van der Waals surface area contributed by atoms with Gasteiger partial charge in [0.2, 0.25) is 0 Å². The molecule has 0 fully saturated rings. The zero-order chi connectivity index (χ0) is 10.3. The van der Waals surface area contributed by atoms with Crippen molar-refractivity contribution >= 4 is 5.97 Å². The molecule has 0 atom stereocenters. The number of hydrogen-bond acceptors (Lipinski definition) is 3. The number of pyridine rings is 1. The Kier molecular flexibility index (Phi) is 8.56. The standard InChI is InChI=1S/C5H4N.C5H10O2.Zn/c1-2-4-6-5-3-1;1-5(2,3)4(6)7;/h1-4H;1-3H3,(H,6,7);/q-1;;+2/p-1. The van der Waals surface area contributed by atoms with Crippen LogP contribution in [0.15, 0.2) is 24.4 Å². The predicted octanol–water partition coefficient (Wildman–Crippen LogP) is 0.662. The van der Waals surface area contributed by atoms with Gasteiger partial charge in [0, 0.05) is 11.4 Å². The van der Waals surface area contributed by atoms with Crippen LogP contribution in [0.4, 0.5) is 0 Å². The van der Waals surface area contributed by atoms with E-state index in [1.165, 1.54) is 0 Å². The van der Waals surface area contributed by atoms with Crippen molar-refractivity contribution in [2.45, 2.75) is 20.8 Å². The maximum absolute atomic E-state index is 9.91. The summed E-state index contributed by atoms with van der Waals surface area (Å²) >= 11 is 0. The third kappa shape index (κ3) is 9.33. The minimum absolute atomic E-state index is 0. The van der Waals surface area contributed by atoms with Crippen molar-refractivity contribution in [2.75, 3.05) is 0 Å². The molecular weight excluding hydrogens is 232 g/mol. The second-order valence-corrected chi connectivity index (χ2v) is 3.50. The average molecular weight is 245 g/mol. The second kappa shape index (κ2) is 7.63. The van der Waals surface area contributed by atoms with Crippen molar-refractivity contribution in [1.29, 1.82) is 0 Å². The van der Waals surface area contributed by atoms with E-state index in [0.29, 0.717) is 0 Å². The molecule has 0 unspecified atom stereocenters. The molecule has 0 aliphatic rings. The van der Waals surface area contributed by atoms with Crippen molar-refractivity contribution < 1.29 is 29.4 Å². The zero-order valence-corrected chi connectivity index (χ0v) is 11.7. The first-order chi connectivity index (χ1) is 5.94. The van der Waals surface area contributed by atoms with E-state index in [2.05, 4.69) is 11.2 Å². The Morgan fingerprint density at radius 2 is 1.86 bits per heavy atom. The van der Waals surface area contributed by atoms with E-state index in [0.717, 1.165) is 0 Å². The van der Waals surface area contributed by atoms with Crippen molar-refractivity contribution in [2.24, 2.45) is 5.41 Å².